The number of hydrogen-bond acceptors (Lipinski definition) is 6. The second-order valence-electron chi connectivity index (χ2n) is 4.86. The minimum Gasteiger partial charge on any atom is -0.340 e. The Morgan fingerprint density at radius 3 is 2.77 bits per heavy atom. The highest BCUT2D eigenvalue weighted by atomic mass is 32.2. The summed E-state index contributed by atoms with van der Waals surface area (Å²) in [5.74, 6) is -0.0429. The number of hydrogen-bond donors (Lipinski definition) is 1. The van der Waals surface area contributed by atoms with E-state index < -0.39 is 22.5 Å². The zero-order valence-electron chi connectivity index (χ0n) is 11.1. The lowest BCUT2D eigenvalue weighted by molar-refractivity contribution is -0.181. The third-order valence-electron chi connectivity index (χ3n) is 3.55. The van der Waals surface area contributed by atoms with E-state index in [0.29, 0.717) is 6.54 Å². The van der Waals surface area contributed by atoms with Crippen LogP contribution in [0.3, 0.4) is 0 Å². The predicted molar refractivity (Wildman–Crippen MR) is 72.5 cm³/mol. The van der Waals surface area contributed by atoms with Crippen LogP contribution in [0.5, 0.6) is 0 Å². The van der Waals surface area contributed by atoms with Crippen LogP contribution in [0.15, 0.2) is 45.5 Å². The Balaban J connectivity index is 2.12. The van der Waals surface area contributed by atoms with Gasteiger partial charge < -0.3 is 10.2 Å². The van der Waals surface area contributed by atoms with Crippen molar-refractivity contribution in [1.82, 2.24) is 10.2 Å². The van der Waals surface area contributed by atoms with Gasteiger partial charge in [0.25, 0.3) is 0 Å². The Morgan fingerprint density at radius 2 is 2.09 bits per heavy atom. The van der Waals surface area contributed by atoms with Crippen LogP contribution in [0.1, 0.15) is 0 Å². The maximum atomic E-state index is 13.2. The molecule has 6 nitrogen and oxygen atoms in total. The Labute approximate surface area is 125 Å². The van der Waals surface area contributed by atoms with E-state index in [0.717, 1.165) is 4.90 Å². The van der Waals surface area contributed by atoms with Gasteiger partial charge in [0.1, 0.15) is 10.9 Å². The topological polar surface area (TPSA) is 74.1 Å². The molecule has 1 saturated heterocycles. The predicted octanol–water partition coefficient (Wildman–Crippen LogP) is 1.01. The van der Waals surface area contributed by atoms with E-state index in [1.165, 1.54) is 18.2 Å². The number of piperazine rings is 1. The highest BCUT2D eigenvalue weighted by Gasteiger charge is 2.47. The van der Waals surface area contributed by atoms with Crippen LogP contribution in [0.25, 0.3) is 0 Å². The van der Waals surface area contributed by atoms with Crippen molar-refractivity contribution < 1.29 is 21.6 Å². The van der Waals surface area contributed by atoms with Crippen molar-refractivity contribution in [3.63, 3.8) is 0 Å². The largest absolute Gasteiger partial charge is 0.410 e. The average Bonchev–Trinajstić information content (AvgIpc) is 2.90. The number of halogens is 3. The maximum absolute atomic E-state index is 13.2. The van der Waals surface area contributed by atoms with Gasteiger partial charge in [-0.2, -0.15) is 21.6 Å². The third kappa shape index (κ3) is 2.48. The minimum atomic E-state index is -4.45. The van der Waals surface area contributed by atoms with Gasteiger partial charge in [0, 0.05) is 19.6 Å². The molecule has 3 rings (SSSR count). The molecule has 0 bridgehead atoms. The van der Waals surface area contributed by atoms with Gasteiger partial charge in [0.05, 0.1) is 11.3 Å². The SMILES string of the molecule is O=S(=O)=C1C=CC=C2N=NC(N3CCNCC3C(F)(F)F)=C21. The van der Waals surface area contributed by atoms with E-state index in [4.69, 9.17) is 0 Å². The maximum Gasteiger partial charge on any atom is 0.410 e. The number of nitrogens with zero attached hydrogens (tertiary/aromatic N) is 3. The Morgan fingerprint density at radius 1 is 1.32 bits per heavy atom. The Kier molecular flexibility index (Phi) is 3.65. The van der Waals surface area contributed by atoms with Gasteiger partial charge in [-0.15, -0.1) is 10.2 Å². The highest BCUT2D eigenvalue weighted by Crippen LogP contribution is 2.36. The first-order valence-corrected chi connectivity index (χ1v) is 7.52. The lowest BCUT2D eigenvalue weighted by atomic mass is 10.0. The van der Waals surface area contributed by atoms with Crippen molar-refractivity contribution in [1.29, 1.82) is 0 Å². The summed E-state index contributed by atoms with van der Waals surface area (Å²) in [6.07, 6.45) is -0.134. The molecule has 1 N–H and O–H groups in total. The number of azo groups is 1. The molecule has 0 radical (unpaired) electrons. The van der Waals surface area contributed by atoms with E-state index in [9.17, 15) is 21.6 Å². The quantitative estimate of drug-likeness (QED) is 0.727. The molecule has 118 valence electrons. The summed E-state index contributed by atoms with van der Waals surface area (Å²) in [6, 6.07) is -1.77. The summed E-state index contributed by atoms with van der Waals surface area (Å²) in [6.45, 7) is 0.141. The summed E-state index contributed by atoms with van der Waals surface area (Å²) in [4.78, 5) is 0.972. The van der Waals surface area contributed by atoms with Crippen LogP contribution in [-0.2, 0) is 10.3 Å². The smallest absolute Gasteiger partial charge is 0.340 e. The van der Waals surface area contributed by atoms with Crippen LogP contribution in [0.4, 0.5) is 13.2 Å². The summed E-state index contributed by atoms with van der Waals surface area (Å²) >= 11 is 0. The molecule has 0 aromatic rings. The van der Waals surface area contributed by atoms with Gasteiger partial charge in [-0.25, -0.2) is 0 Å². The van der Waals surface area contributed by atoms with Crippen LogP contribution in [0, 0.1) is 0 Å². The molecule has 1 fully saturated rings. The van der Waals surface area contributed by atoms with Crippen molar-refractivity contribution >= 4 is 15.2 Å². The summed E-state index contributed by atoms with van der Waals surface area (Å²) in [5, 5.41) is 10.3. The van der Waals surface area contributed by atoms with Gasteiger partial charge in [0.15, 0.2) is 5.82 Å². The molecule has 0 aromatic heterocycles. The van der Waals surface area contributed by atoms with Crippen molar-refractivity contribution in [3.8, 4) is 0 Å². The zero-order chi connectivity index (χ0) is 15.9. The van der Waals surface area contributed by atoms with Crippen LogP contribution < -0.4 is 5.32 Å². The van der Waals surface area contributed by atoms with Crippen LogP contribution in [0.2, 0.25) is 0 Å². The lowest BCUT2D eigenvalue weighted by Crippen LogP contribution is -2.57. The van der Waals surface area contributed by atoms with E-state index in [-0.39, 0.29) is 35.0 Å². The van der Waals surface area contributed by atoms with Gasteiger partial charge in [0.2, 0.25) is 10.3 Å². The van der Waals surface area contributed by atoms with Gasteiger partial charge in [-0.05, 0) is 12.2 Å². The van der Waals surface area contributed by atoms with E-state index in [1.807, 2.05) is 0 Å². The second kappa shape index (κ2) is 5.36. The molecule has 1 aliphatic carbocycles. The van der Waals surface area contributed by atoms with Crippen molar-refractivity contribution in [2.45, 2.75) is 12.2 Å². The summed E-state index contributed by atoms with van der Waals surface area (Å²) < 4.78 is 62.2. The zero-order valence-corrected chi connectivity index (χ0v) is 11.9. The number of rotatable bonds is 1. The molecule has 1 unspecified atom stereocenters. The average molecular weight is 332 g/mol. The Hall–Kier alpha value is -1.94. The summed E-state index contributed by atoms with van der Waals surface area (Å²) in [7, 11) is -2.58. The number of fused-ring (bicyclic) bond motifs is 1. The van der Waals surface area contributed by atoms with E-state index >= 15 is 0 Å². The van der Waals surface area contributed by atoms with Gasteiger partial charge in [-0.3, -0.25) is 0 Å². The molecule has 2 heterocycles. The molecule has 3 aliphatic rings. The van der Waals surface area contributed by atoms with Crippen molar-refractivity contribution in [2.24, 2.45) is 10.2 Å². The molecular formula is C12H11F3N4O2S. The second-order valence-corrected chi connectivity index (χ2v) is 5.77. The van der Waals surface area contributed by atoms with Gasteiger partial charge in [-0.1, -0.05) is 6.08 Å². The molecular weight excluding hydrogens is 321 g/mol. The molecule has 0 aromatic carbocycles. The highest BCUT2D eigenvalue weighted by molar-refractivity contribution is 7.73. The monoisotopic (exact) mass is 332 g/mol. The molecule has 2 aliphatic heterocycles. The van der Waals surface area contributed by atoms with Crippen molar-refractivity contribution in [3.05, 3.63) is 35.3 Å². The fourth-order valence-corrected chi connectivity index (χ4v) is 3.12. The number of nitrogens with one attached hydrogen (secondary N) is 1. The normalized spacial score (nSPS) is 24.7. The third-order valence-corrected chi connectivity index (χ3v) is 4.25. The first kappa shape index (κ1) is 15.0. The molecule has 22 heavy (non-hydrogen) atoms. The molecule has 0 amide bonds. The first-order valence-electron chi connectivity index (χ1n) is 6.45. The number of allylic oxidation sites excluding steroid dienone is 4. The number of alkyl halides is 3. The van der Waals surface area contributed by atoms with Crippen LogP contribution in [-0.4, -0.2) is 50.0 Å². The minimum absolute atomic E-state index is 0.0429. The first-order chi connectivity index (χ1) is 10.4. The fraction of sp³-hybridized carbons (Fsp3) is 0.417. The molecule has 1 atom stereocenters. The van der Waals surface area contributed by atoms with E-state index in [1.54, 1.807) is 0 Å². The van der Waals surface area contributed by atoms with E-state index in [2.05, 4.69) is 15.5 Å². The lowest BCUT2D eigenvalue weighted by Gasteiger charge is -2.38. The van der Waals surface area contributed by atoms with Crippen LogP contribution >= 0.6 is 0 Å². The molecule has 0 saturated carbocycles. The van der Waals surface area contributed by atoms with Crippen molar-refractivity contribution in [2.75, 3.05) is 19.6 Å². The Bertz CT molecular complexity index is 754. The summed E-state index contributed by atoms with van der Waals surface area (Å²) in [5.41, 5.74) is 0.392. The molecule has 0 spiro atoms. The standard InChI is InChI=1S/C12H11F3N4O2S/c13-12(14,15)9-6-16-4-5-19(9)11-10-7(17-18-11)2-1-3-8(10)22(20)21/h1-3,9,16H,4-6H2. The molecule has 10 heteroatoms. The van der Waals surface area contributed by atoms with Gasteiger partial charge >= 0.3 is 6.18 Å². The fourth-order valence-electron chi connectivity index (χ4n) is 2.57.